The standard InChI is InChI=1S/C14H16F2N4/c1-20-14(9-6-10(15)11(16)7-12(9)17)18-13(19-20)8-4-2-3-5-8/h6-8H,2-5,17H2,1H3. The molecule has 0 atom stereocenters. The summed E-state index contributed by atoms with van der Waals surface area (Å²) in [6.07, 6.45) is 4.53. The highest BCUT2D eigenvalue weighted by Crippen LogP contribution is 2.34. The van der Waals surface area contributed by atoms with Gasteiger partial charge in [-0.1, -0.05) is 12.8 Å². The molecule has 0 spiro atoms. The second-order valence-electron chi connectivity index (χ2n) is 5.25. The van der Waals surface area contributed by atoms with Crippen LogP contribution in [0, 0.1) is 11.6 Å². The molecule has 0 radical (unpaired) electrons. The van der Waals surface area contributed by atoms with E-state index in [9.17, 15) is 8.78 Å². The van der Waals surface area contributed by atoms with E-state index in [2.05, 4.69) is 10.1 Å². The quantitative estimate of drug-likeness (QED) is 0.859. The molecule has 1 saturated carbocycles. The summed E-state index contributed by atoms with van der Waals surface area (Å²) in [4.78, 5) is 4.48. The number of nitrogens with zero attached hydrogens (tertiary/aromatic N) is 3. The lowest BCUT2D eigenvalue weighted by Crippen LogP contribution is -2.00. The third-order valence-corrected chi connectivity index (χ3v) is 3.83. The van der Waals surface area contributed by atoms with Crippen LogP contribution in [0.1, 0.15) is 37.4 Å². The fourth-order valence-electron chi connectivity index (χ4n) is 2.75. The molecule has 20 heavy (non-hydrogen) atoms. The molecule has 106 valence electrons. The molecule has 4 nitrogen and oxygen atoms in total. The van der Waals surface area contributed by atoms with Crippen LogP contribution in [0.15, 0.2) is 12.1 Å². The van der Waals surface area contributed by atoms with Gasteiger partial charge in [0.25, 0.3) is 0 Å². The second-order valence-corrected chi connectivity index (χ2v) is 5.25. The molecule has 0 bridgehead atoms. The maximum Gasteiger partial charge on any atom is 0.160 e. The van der Waals surface area contributed by atoms with Crippen LogP contribution in [-0.2, 0) is 7.05 Å². The van der Waals surface area contributed by atoms with Crippen molar-refractivity contribution in [2.45, 2.75) is 31.6 Å². The van der Waals surface area contributed by atoms with Gasteiger partial charge in [-0.3, -0.25) is 0 Å². The molecule has 1 aromatic carbocycles. The Morgan fingerprint density at radius 3 is 2.55 bits per heavy atom. The van der Waals surface area contributed by atoms with Crippen molar-refractivity contribution >= 4 is 5.69 Å². The van der Waals surface area contributed by atoms with E-state index >= 15 is 0 Å². The first-order valence-electron chi connectivity index (χ1n) is 6.72. The van der Waals surface area contributed by atoms with Crippen molar-refractivity contribution in [1.29, 1.82) is 0 Å². The topological polar surface area (TPSA) is 56.7 Å². The molecule has 2 aromatic rings. The van der Waals surface area contributed by atoms with Gasteiger partial charge in [-0.2, -0.15) is 5.10 Å². The van der Waals surface area contributed by atoms with Crippen molar-refractivity contribution in [3.05, 3.63) is 29.6 Å². The fourth-order valence-corrected chi connectivity index (χ4v) is 2.75. The van der Waals surface area contributed by atoms with Crippen LogP contribution in [0.3, 0.4) is 0 Å². The summed E-state index contributed by atoms with van der Waals surface area (Å²) in [6.45, 7) is 0. The van der Waals surface area contributed by atoms with Gasteiger partial charge in [0.05, 0.1) is 0 Å². The van der Waals surface area contributed by atoms with Gasteiger partial charge >= 0.3 is 0 Å². The van der Waals surface area contributed by atoms with Crippen LogP contribution in [0.25, 0.3) is 11.4 Å². The maximum atomic E-state index is 13.4. The molecule has 0 amide bonds. The molecule has 1 aliphatic carbocycles. The minimum absolute atomic E-state index is 0.164. The Hall–Kier alpha value is -1.98. The van der Waals surface area contributed by atoms with Gasteiger partial charge < -0.3 is 5.73 Å². The van der Waals surface area contributed by atoms with E-state index in [0.29, 0.717) is 17.3 Å². The van der Waals surface area contributed by atoms with Crippen molar-refractivity contribution in [3.8, 4) is 11.4 Å². The molecule has 0 unspecified atom stereocenters. The minimum Gasteiger partial charge on any atom is -0.398 e. The van der Waals surface area contributed by atoms with E-state index in [0.717, 1.165) is 30.8 Å². The lowest BCUT2D eigenvalue weighted by molar-refractivity contribution is 0.509. The highest BCUT2D eigenvalue weighted by molar-refractivity contribution is 5.71. The van der Waals surface area contributed by atoms with Gasteiger partial charge in [0.15, 0.2) is 23.3 Å². The summed E-state index contributed by atoms with van der Waals surface area (Å²) in [5.74, 6) is -0.280. The van der Waals surface area contributed by atoms with Gasteiger partial charge in [-0.15, -0.1) is 0 Å². The summed E-state index contributed by atoms with van der Waals surface area (Å²) in [7, 11) is 1.74. The average molecular weight is 278 g/mol. The number of nitrogens with two attached hydrogens (primary N) is 1. The highest BCUT2D eigenvalue weighted by Gasteiger charge is 2.23. The zero-order valence-corrected chi connectivity index (χ0v) is 11.2. The lowest BCUT2D eigenvalue weighted by atomic mass is 10.1. The number of nitrogen functional groups attached to an aromatic ring is 1. The highest BCUT2D eigenvalue weighted by atomic mass is 19.2. The summed E-state index contributed by atoms with van der Waals surface area (Å²) >= 11 is 0. The van der Waals surface area contributed by atoms with Crippen LogP contribution in [0.4, 0.5) is 14.5 Å². The Bertz CT molecular complexity index is 645. The molecular formula is C14H16F2N4. The third kappa shape index (κ3) is 2.15. The Balaban J connectivity index is 2.04. The summed E-state index contributed by atoms with van der Waals surface area (Å²) < 4.78 is 28.1. The molecule has 1 heterocycles. The third-order valence-electron chi connectivity index (χ3n) is 3.83. The van der Waals surface area contributed by atoms with Crippen LogP contribution in [-0.4, -0.2) is 14.8 Å². The van der Waals surface area contributed by atoms with Crippen LogP contribution < -0.4 is 5.73 Å². The van der Waals surface area contributed by atoms with E-state index < -0.39 is 11.6 Å². The molecule has 2 N–H and O–H groups in total. The number of hydrogen-bond donors (Lipinski definition) is 1. The van der Waals surface area contributed by atoms with Crippen molar-refractivity contribution in [2.24, 2.45) is 7.05 Å². The van der Waals surface area contributed by atoms with Crippen molar-refractivity contribution in [2.75, 3.05) is 5.73 Å². The monoisotopic (exact) mass is 278 g/mol. The van der Waals surface area contributed by atoms with E-state index in [1.165, 1.54) is 12.8 Å². The van der Waals surface area contributed by atoms with E-state index in [1.54, 1.807) is 11.7 Å². The number of benzene rings is 1. The summed E-state index contributed by atoms with van der Waals surface area (Å²) in [5.41, 5.74) is 6.31. The largest absolute Gasteiger partial charge is 0.398 e. The molecule has 6 heteroatoms. The number of rotatable bonds is 2. The Morgan fingerprint density at radius 1 is 1.20 bits per heavy atom. The van der Waals surface area contributed by atoms with Gasteiger partial charge in [0, 0.05) is 30.3 Å². The summed E-state index contributed by atoms with van der Waals surface area (Å²) in [5, 5.41) is 4.40. The maximum absolute atomic E-state index is 13.4. The Morgan fingerprint density at radius 2 is 1.85 bits per heavy atom. The molecule has 0 saturated heterocycles. The first-order chi connectivity index (χ1) is 9.56. The van der Waals surface area contributed by atoms with E-state index in [-0.39, 0.29) is 5.69 Å². The van der Waals surface area contributed by atoms with Crippen LogP contribution in [0.5, 0.6) is 0 Å². The minimum atomic E-state index is -0.954. The van der Waals surface area contributed by atoms with Gasteiger partial charge in [-0.05, 0) is 18.9 Å². The number of halogens is 2. The molecule has 1 aliphatic rings. The Kier molecular flexibility index (Phi) is 3.16. The normalized spacial score (nSPS) is 15.9. The number of anilines is 1. The SMILES string of the molecule is Cn1nc(C2CCCC2)nc1-c1cc(F)c(F)cc1N. The van der Waals surface area contributed by atoms with Crippen molar-refractivity contribution in [3.63, 3.8) is 0 Å². The van der Waals surface area contributed by atoms with Gasteiger partial charge in [0.1, 0.15) is 0 Å². The van der Waals surface area contributed by atoms with Crippen molar-refractivity contribution in [1.82, 2.24) is 14.8 Å². The zero-order valence-electron chi connectivity index (χ0n) is 11.2. The van der Waals surface area contributed by atoms with Gasteiger partial charge in [0.2, 0.25) is 0 Å². The zero-order chi connectivity index (χ0) is 14.3. The second kappa shape index (κ2) is 4.85. The summed E-state index contributed by atoms with van der Waals surface area (Å²) in [6, 6.07) is 2.06. The number of hydrogen-bond acceptors (Lipinski definition) is 3. The first kappa shape index (κ1) is 13.0. The molecule has 1 aromatic heterocycles. The lowest BCUT2D eigenvalue weighted by Gasteiger charge is -2.05. The van der Waals surface area contributed by atoms with E-state index in [4.69, 9.17) is 5.73 Å². The molecular weight excluding hydrogens is 262 g/mol. The van der Waals surface area contributed by atoms with Gasteiger partial charge in [-0.25, -0.2) is 18.4 Å². The first-order valence-corrected chi connectivity index (χ1v) is 6.72. The predicted octanol–water partition coefficient (Wildman–Crippen LogP) is 3.00. The van der Waals surface area contributed by atoms with Crippen LogP contribution >= 0.6 is 0 Å². The smallest absolute Gasteiger partial charge is 0.160 e. The average Bonchev–Trinajstić information content (AvgIpc) is 3.03. The Labute approximate surface area is 115 Å². The molecule has 0 aliphatic heterocycles. The number of aromatic nitrogens is 3. The predicted molar refractivity (Wildman–Crippen MR) is 72.0 cm³/mol. The van der Waals surface area contributed by atoms with E-state index in [1.807, 2.05) is 0 Å². The molecule has 1 fully saturated rings. The fraction of sp³-hybridized carbons (Fsp3) is 0.429. The van der Waals surface area contributed by atoms with Crippen LogP contribution in [0.2, 0.25) is 0 Å². The number of aryl methyl sites for hydroxylation is 1. The van der Waals surface area contributed by atoms with Crippen molar-refractivity contribution < 1.29 is 8.78 Å². The molecule has 3 rings (SSSR count).